The van der Waals surface area contributed by atoms with Gasteiger partial charge in [-0.2, -0.15) is 21.6 Å². The first kappa shape index (κ1) is 21.9. The summed E-state index contributed by atoms with van der Waals surface area (Å²) in [5.74, 6) is 5.83. The molecule has 0 aliphatic heterocycles. The molecule has 27 heavy (non-hydrogen) atoms. The Morgan fingerprint density at radius 3 is 2.56 bits per heavy atom. The van der Waals surface area contributed by atoms with Crippen molar-refractivity contribution in [2.45, 2.75) is 50.6 Å². The van der Waals surface area contributed by atoms with Crippen LogP contribution in [0.15, 0.2) is 18.2 Å². The van der Waals surface area contributed by atoms with E-state index in [1.165, 1.54) is 44.2 Å². The summed E-state index contributed by atoms with van der Waals surface area (Å²) in [5.41, 5.74) is -5.07. The molecule has 1 aliphatic carbocycles. The van der Waals surface area contributed by atoms with Crippen molar-refractivity contribution >= 4 is 21.7 Å². The fraction of sp³-hybridized carbons (Fsp3) is 0.556. The second kappa shape index (κ2) is 9.18. The second-order valence-corrected chi connectivity index (χ2v) is 8.44. The van der Waals surface area contributed by atoms with E-state index in [0.29, 0.717) is 24.1 Å². The fourth-order valence-corrected chi connectivity index (χ4v) is 3.71. The highest BCUT2D eigenvalue weighted by Crippen LogP contribution is 2.31. The van der Waals surface area contributed by atoms with Crippen molar-refractivity contribution in [2.75, 3.05) is 6.54 Å². The van der Waals surface area contributed by atoms with E-state index in [2.05, 4.69) is 28.3 Å². The van der Waals surface area contributed by atoms with E-state index in [-0.39, 0.29) is 5.02 Å². The van der Waals surface area contributed by atoms with E-state index >= 15 is 0 Å². The van der Waals surface area contributed by atoms with Crippen molar-refractivity contribution in [1.82, 2.24) is 5.32 Å². The van der Waals surface area contributed by atoms with Gasteiger partial charge in [0.2, 0.25) is 0 Å². The molecule has 1 aromatic rings. The average molecular weight is 424 g/mol. The lowest BCUT2D eigenvalue weighted by atomic mass is 9.84. The molecule has 2 rings (SSSR count). The number of benzene rings is 1. The van der Waals surface area contributed by atoms with Crippen LogP contribution in [-0.4, -0.2) is 26.5 Å². The number of nitrogens with one attached hydrogen (secondary N) is 1. The summed E-state index contributed by atoms with van der Waals surface area (Å²) in [6.45, 7) is 2.61. The molecule has 0 bridgehead atoms. The first-order chi connectivity index (χ1) is 12.6. The van der Waals surface area contributed by atoms with Crippen molar-refractivity contribution in [1.29, 1.82) is 0 Å². The maximum atomic E-state index is 12.3. The molecule has 4 nitrogen and oxygen atoms in total. The summed E-state index contributed by atoms with van der Waals surface area (Å²) in [6.07, 6.45) is 6.27. The summed E-state index contributed by atoms with van der Waals surface area (Å²) in [7, 11) is -5.76. The van der Waals surface area contributed by atoms with Crippen molar-refractivity contribution in [3.8, 4) is 17.6 Å². The van der Waals surface area contributed by atoms with E-state index in [4.69, 9.17) is 11.6 Å². The smallest absolute Gasteiger partial charge is 0.374 e. The third kappa shape index (κ3) is 6.30. The Bertz CT molecular complexity index is 809. The zero-order valence-electron chi connectivity index (χ0n) is 14.8. The van der Waals surface area contributed by atoms with E-state index in [1.807, 2.05) is 0 Å². The summed E-state index contributed by atoms with van der Waals surface area (Å²) >= 11 is 5.81. The van der Waals surface area contributed by atoms with Gasteiger partial charge in [-0.3, -0.25) is 0 Å². The van der Waals surface area contributed by atoms with Gasteiger partial charge >= 0.3 is 15.6 Å². The van der Waals surface area contributed by atoms with Crippen LogP contribution in [0.25, 0.3) is 0 Å². The molecule has 1 atom stereocenters. The van der Waals surface area contributed by atoms with Gasteiger partial charge in [-0.1, -0.05) is 42.7 Å². The quantitative estimate of drug-likeness (QED) is 0.431. The topological polar surface area (TPSA) is 55.4 Å². The van der Waals surface area contributed by atoms with Crippen LogP contribution in [0.2, 0.25) is 5.02 Å². The molecular weight excluding hydrogens is 403 g/mol. The molecule has 1 aliphatic rings. The van der Waals surface area contributed by atoms with Gasteiger partial charge in [0.15, 0.2) is 5.75 Å². The highest BCUT2D eigenvalue weighted by Gasteiger charge is 2.48. The normalized spacial score (nSPS) is 17.1. The van der Waals surface area contributed by atoms with Gasteiger partial charge in [0.1, 0.15) is 0 Å². The number of halogens is 4. The molecule has 1 N–H and O–H groups in total. The van der Waals surface area contributed by atoms with E-state index in [0.717, 1.165) is 6.07 Å². The molecule has 0 radical (unpaired) electrons. The zero-order valence-corrected chi connectivity index (χ0v) is 16.3. The van der Waals surface area contributed by atoms with Crippen LogP contribution < -0.4 is 9.50 Å². The van der Waals surface area contributed by atoms with E-state index in [9.17, 15) is 21.6 Å². The molecule has 0 amide bonds. The summed E-state index contributed by atoms with van der Waals surface area (Å²) in [5, 5.41) is 3.10. The minimum Gasteiger partial charge on any atom is -0.374 e. The number of hydrogen-bond donors (Lipinski definition) is 1. The van der Waals surface area contributed by atoms with Gasteiger partial charge in [-0.15, -0.1) is 0 Å². The highest BCUT2D eigenvalue weighted by molar-refractivity contribution is 7.88. The first-order valence-corrected chi connectivity index (χ1v) is 10.4. The predicted molar refractivity (Wildman–Crippen MR) is 98.0 cm³/mol. The molecule has 1 fully saturated rings. The molecule has 9 heteroatoms. The molecule has 1 unspecified atom stereocenters. The standard InChI is InChI=1S/C18H21ClF3NO3S/c1-13(15-7-3-2-4-8-15)23-11-5-6-14-9-10-17(16(19)12-14)26-27(24,25)18(20,21)22/h9-10,12-13,15,23H,2-4,7-8,11H2,1H3. The van der Waals surface area contributed by atoms with Crippen LogP contribution in [0.1, 0.15) is 44.6 Å². The van der Waals surface area contributed by atoms with Gasteiger partial charge in [-0.25, -0.2) is 0 Å². The zero-order chi connectivity index (χ0) is 20.1. The van der Waals surface area contributed by atoms with Crippen molar-refractivity contribution in [3.05, 3.63) is 28.8 Å². The molecular formula is C18H21ClF3NO3S. The van der Waals surface area contributed by atoms with Gasteiger partial charge < -0.3 is 9.50 Å². The third-order valence-electron chi connectivity index (χ3n) is 4.52. The second-order valence-electron chi connectivity index (χ2n) is 6.50. The Kier molecular flexibility index (Phi) is 7.43. The van der Waals surface area contributed by atoms with Gasteiger partial charge in [0.25, 0.3) is 0 Å². The molecule has 0 saturated heterocycles. The fourth-order valence-electron chi connectivity index (χ4n) is 2.97. The van der Waals surface area contributed by atoms with Crippen LogP contribution in [-0.2, 0) is 10.1 Å². The lowest BCUT2D eigenvalue weighted by molar-refractivity contribution is -0.0500. The SMILES string of the molecule is CC(NCC#Cc1ccc(OS(=O)(=O)C(F)(F)F)c(Cl)c1)C1CCCCC1. The van der Waals surface area contributed by atoms with Crippen LogP contribution in [0.3, 0.4) is 0 Å². The van der Waals surface area contributed by atoms with E-state index < -0.39 is 21.4 Å². The molecule has 150 valence electrons. The van der Waals surface area contributed by atoms with Crippen LogP contribution in [0, 0.1) is 17.8 Å². The van der Waals surface area contributed by atoms with Gasteiger partial charge in [0, 0.05) is 11.6 Å². The first-order valence-electron chi connectivity index (χ1n) is 8.63. The maximum Gasteiger partial charge on any atom is 0.534 e. The molecule has 0 spiro atoms. The Labute approximate surface area is 162 Å². The third-order valence-corrected chi connectivity index (χ3v) is 5.78. The van der Waals surface area contributed by atoms with Crippen molar-refractivity contribution in [3.63, 3.8) is 0 Å². The molecule has 0 heterocycles. The van der Waals surface area contributed by atoms with Gasteiger partial charge in [-0.05, 0) is 43.9 Å². The lowest BCUT2D eigenvalue weighted by Crippen LogP contribution is -2.34. The largest absolute Gasteiger partial charge is 0.534 e. The lowest BCUT2D eigenvalue weighted by Gasteiger charge is -2.27. The Morgan fingerprint density at radius 2 is 1.96 bits per heavy atom. The maximum absolute atomic E-state index is 12.3. The monoisotopic (exact) mass is 423 g/mol. The summed E-state index contributed by atoms with van der Waals surface area (Å²) < 4.78 is 63.1. The Balaban J connectivity index is 1.93. The minimum atomic E-state index is -5.76. The molecule has 1 saturated carbocycles. The molecule has 0 aromatic heterocycles. The summed E-state index contributed by atoms with van der Waals surface area (Å²) in [4.78, 5) is 0. The van der Waals surface area contributed by atoms with Crippen LogP contribution in [0.4, 0.5) is 13.2 Å². The number of hydrogen-bond acceptors (Lipinski definition) is 4. The van der Waals surface area contributed by atoms with Crippen LogP contribution in [0.5, 0.6) is 5.75 Å². The Hall–Kier alpha value is -1.43. The molecule has 1 aromatic carbocycles. The average Bonchev–Trinajstić information content (AvgIpc) is 2.60. The minimum absolute atomic E-state index is 0.266. The van der Waals surface area contributed by atoms with Gasteiger partial charge in [0.05, 0.1) is 11.6 Å². The predicted octanol–water partition coefficient (Wildman–Crippen LogP) is 4.48. The van der Waals surface area contributed by atoms with Crippen molar-refractivity contribution in [2.24, 2.45) is 5.92 Å². The van der Waals surface area contributed by atoms with Crippen molar-refractivity contribution < 1.29 is 25.8 Å². The number of rotatable bonds is 5. The van der Waals surface area contributed by atoms with Crippen LogP contribution >= 0.6 is 11.6 Å². The highest BCUT2D eigenvalue weighted by atomic mass is 35.5. The summed E-state index contributed by atoms with van der Waals surface area (Å²) in [6, 6.07) is 4.03. The Morgan fingerprint density at radius 1 is 1.30 bits per heavy atom. The number of alkyl halides is 3. The van der Waals surface area contributed by atoms with E-state index in [1.54, 1.807) is 0 Å².